The van der Waals surface area contributed by atoms with Crippen LogP contribution >= 0.6 is 0 Å². The number of halogens is 2. The van der Waals surface area contributed by atoms with Crippen molar-refractivity contribution in [3.05, 3.63) is 23.8 Å². The molecule has 0 unspecified atom stereocenters. The highest BCUT2D eigenvalue weighted by Gasteiger charge is 2.49. The van der Waals surface area contributed by atoms with Gasteiger partial charge in [0.25, 0.3) is 5.92 Å². The summed E-state index contributed by atoms with van der Waals surface area (Å²) in [5.41, 5.74) is -0.0724. The van der Waals surface area contributed by atoms with Crippen molar-refractivity contribution in [3.8, 4) is 11.5 Å². The van der Waals surface area contributed by atoms with Gasteiger partial charge >= 0.3 is 0 Å². The molecule has 0 saturated heterocycles. The van der Waals surface area contributed by atoms with E-state index in [-0.39, 0.29) is 11.3 Å². The summed E-state index contributed by atoms with van der Waals surface area (Å²) in [5, 5.41) is 0. The van der Waals surface area contributed by atoms with E-state index in [1.807, 2.05) is 0 Å². The number of ether oxygens (including phenoxy) is 2. The summed E-state index contributed by atoms with van der Waals surface area (Å²) >= 11 is 0. The van der Waals surface area contributed by atoms with Crippen molar-refractivity contribution >= 4 is 0 Å². The summed E-state index contributed by atoms with van der Waals surface area (Å²) in [5.74, 6) is -2.72. The molecule has 0 atom stereocenters. The Kier molecular flexibility index (Phi) is 2.74. The van der Waals surface area contributed by atoms with Crippen LogP contribution in [0.5, 0.6) is 11.5 Å². The van der Waals surface area contributed by atoms with E-state index in [1.165, 1.54) is 26.4 Å². The molecular weight excluding hydrogens is 214 g/mol. The van der Waals surface area contributed by atoms with Crippen LogP contribution < -0.4 is 9.47 Å². The lowest BCUT2D eigenvalue weighted by Gasteiger charge is -2.19. The van der Waals surface area contributed by atoms with Crippen LogP contribution in [0.1, 0.15) is 18.4 Å². The van der Waals surface area contributed by atoms with Crippen LogP contribution in [0.4, 0.5) is 8.78 Å². The second-order valence-electron chi connectivity index (χ2n) is 3.96. The predicted molar refractivity (Wildman–Crippen MR) is 56.2 cm³/mol. The van der Waals surface area contributed by atoms with Crippen molar-refractivity contribution in [2.45, 2.75) is 18.8 Å². The van der Waals surface area contributed by atoms with Gasteiger partial charge in [0.05, 0.1) is 19.8 Å². The molecule has 0 amide bonds. The van der Waals surface area contributed by atoms with Gasteiger partial charge in [-0.3, -0.25) is 0 Å². The molecule has 0 heterocycles. The van der Waals surface area contributed by atoms with E-state index in [1.54, 1.807) is 6.07 Å². The first-order valence-electron chi connectivity index (χ1n) is 5.20. The third-order valence-electron chi connectivity index (χ3n) is 2.86. The highest BCUT2D eigenvalue weighted by Crippen LogP contribution is 2.52. The van der Waals surface area contributed by atoms with Crippen LogP contribution in [0.15, 0.2) is 18.2 Å². The van der Waals surface area contributed by atoms with Gasteiger partial charge in [-0.1, -0.05) is 0 Å². The van der Waals surface area contributed by atoms with Crippen molar-refractivity contribution in [1.29, 1.82) is 0 Å². The van der Waals surface area contributed by atoms with Crippen LogP contribution in [0.25, 0.3) is 0 Å². The molecule has 1 aromatic rings. The summed E-state index contributed by atoms with van der Waals surface area (Å²) in [6, 6.07) is 4.49. The van der Waals surface area contributed by atoms with Gasteiger partial charge in [-0.2, -0.15) is 0 Å². The van der Waals surface area contributed by atoms with Gasteiger partial charge in [-0.15, -0.1) is 0 Å². The lowest BCUT2D eigenvalue weighted by atomic mass is 10.0. The Hall–Kier alpha value is -1.32. The fourth-order valence-electron chi connectivity index (χ4n) is 1.74. The van der Waals surface area contributed by atoms with Gasteiger partial charge in [0.2, 0.25) is 0 Å². The molecule has 0 spiro atoms. The molecular formula is C12H14F2O2. The molecule has 0 radical (unpaired) electrons. The van der Waals surface area contributed by atoms with Crippen molar-refractivity contribution in [2.24, 2.45) is 5.92 Å². The molecule has 0 aromatic heterocycles. The van der Waals surface area contributed by atoms with Crippen molar-refractivity contribution in [3.63, 3.8) is 0 Å². The number of alkyl halides is 2. The Labute approximate surface area is 93.2 Å². The van der Waals surface area contributed by atoms with Crippen LogP contribution in [0.3, 0.4) is 0 Å². The van der Waals surface area contributed by atoms with Crippen molar-refractivity contribution in [1.82, 2.24) is 0 Å². The summed E-state index contributed by atoms with van der Waals surface area (Å²) in [6.07, 6.45) is 1.15. The quantitative estimate of drug-likeness (QED) is 0.787. The fourth-order valence-corrected chi connectivity index (χ4v) is 1.74. The van der Waals surface area contributed by atoms with Crippen LogP contribution in [-0.2, 0) is 5.92 Å². The molecule has 1 aliphatic rings. The fraction of sp³-hybridized carbons (Fsp3) is 0.500. The van der Waals surface area contributed by atoms with E-state index in [0.717, 1.165) is 0 Å². The Morgan fingerprint density at radius 1 is 1.19 bits per heavy atom. The second-order valence-corrected chi connectivity index (χ2v) is 3.96. The molecule has 16 heavy (non-hydrogen) atoms. The first-order chi connectivity index (χ1) is 7.59. The molecule has 1 aromatic carbocycles. The van der Waals surface area contributed by atoms with Gasteiger partial charge in [-0.25, -0.2) is 8.78 Å². The summed E-state index contributed by atoms with van der Waals surface area (Å²) < 4.78 is 37.9. The Balaban J connectivity index is 2.43. The molecule has 2 nitrogen and oxygen atoms in total. The zero-order valence-electron chi connectivity index (χ0n) is 9.30. The Morgan fingerprint density at radius 3 is 2.38 bits per heavy atom. The number of rotatable bonds is 4. The van der Waals surface area contributed by atoms with Crippen LogP contribution in [0, 0.1) is 5.92 Å². The monoisotopic (exact) mass is 228 g/mol. The van der Waals surface area contributed by atoms with Crippen molar-refractivity contribution < 1.29 is 18.3 Å². The third-order valence-corrected chi connectivity index (χ3v) is 2.86. The number of hydrogen-bond acceptors (Lipinski definition) is 2. The van der Waals surface area contributed by atoms with E-state index in [4.69, 9.17) is 9.47 Å². The minimum atomic E-state index is -2.82. The molecule has 2 rings (SSSR count). The van der Waals surface area contributed by atoms with Crippen LogP contribution in [0.2, 0.25) is 0 Å². The minimum absolute atomic E-state index is 0.0724. The zero-order valence-corrected chi connectivity index (χ0v) is 9.30. The first-order valence-corrected chi connectivity index (χ1v) is 5.20. The summed E-state index contributed by atoms with van der Waals surface area (Å²) in [6.45, 7) is 0. The van der Waals surface area contributed by atoms with E-state index >= 15 is 0 Å². The van der Waals surface area contributed by atoms with Crippen LogP contribution in [-0.4, -0.2) is 14.2 Å². The molecule has 88 valence electrons. The number of hydrogen-bond donors (Lipinski definition) is 0. The predicted octanol–water partition coefficient (Wildman–Crippen LogP) is 3.21. The molecule has 1 aliphatic carbocycles. The van der Waals surface area contributed by atoms with E-state index in [0.29, 0.717) is 18.6 Å². The van der Waals surface area contributed by atoms with Gasteiger partial charge in [0, 0.05) is 5.92 Å². The topological polar surface area (TPSA) is 18.5 Å². The summed E-state index contributed by atoms with van der Waals surface area (Å²) in [4.78, 5) is 0. The van der Waals surface area contributed by atoms with E-state index in [2.05, 4.69) is 0 Å². The molecule has 1 fully saturated rings. The zero-order chi connectivity index (χ0) is 11.8. The maximum atomic E-state index is 14.0. The lowest BCUT2D eigenvalue weighted by molar-refractivity contribution is -0.0306. The Morgan fingerprint density at radius 2 is 1.88 bits per heavy atom. The lowest BCUT2D eigenvalue weighted by Crippen LogP contribution is -2.17. The molecule has 0 aliphatic heterocycles. The SMILES string of the molecule is COc1ccc(OC)c(C(F)(F)C2CC2)c1. The highest BCUT2D eigenvalue weighted by atomic mass is 19.3. The maximum absolute atomic E-state index is 14.0. The maximum Gasteiger partial charge on any atom is 0.279 e. The van der Waals surface area contributed by atoms with Gasteiger partial charge in [-0.05, 0) is 31.0 Å². The normalized spacial score (nSPS) is 16.0. The highest BCUT2D eigenvalue weighted by molar-refractivity contribution is 5.43. The average molecular weight is 228 g/mol. The summed E-state index contributed by atoms with van der Waals surface area (Å²) in [7, 11) is 2.86. The molecule has 1 saturated carbocycles. The van der Waals surface area contributed by atoms with E-state index < -0.39 is 11.8 Å². The largest absolute Gasteiger partial charge is 0.497 e. The first kappa shape index (κ1) is 11.2. The third kappa shape index (κ3) is 1.84. The minimum Gasteiger partial charge on any atom is -0.497 e. The van der Waals surface area contributed by atoms with Crippen molar-refractivity contribution in [2.75, 3.05) is 14.2 Å². The molecule has 0 N–H and O–H groups in total. The van der Waals surface area contributed by atoms with Gasteiger partial charge in [0.1, 0.15) is 11.5 Å². The second kappa shape index (κ2) is 3.92. The number of methoxy groups -OCH3 is 2. The Bertz CT molecular complexity index is 387. The standard InChI is InChI=1S/C12H14F2O2/c1-15-9-5-6-11(16-2)10(7-9)12(13,14)8-3-4-8/h5-8H,3-4H2,1-2H3. The van der Waals surface area contributed by atoms with Gasteiger partial charge in [0.15, 0.2) is 0 Å². The molecule has 0 bridgehead atoms. The smallest absolute Gasteiger partial charge is 0.279 e. The van der Waals surface area contributed by atoms with Gasteiger partial charge < -0.3 is 9.47 Å². The molecule has 4 heteroatoms. The average Bonchev–Trinajstić information content (AvgIpc) is 3.12. The van der Waals surface area contributed by atoms with E-state index in [9.17, 15) is 8.78 Å². The number of benzene rings is 1.